The third-order valence-electron chi connectivity index (χ3n) is 5.35. The van der Waals surface area contributed by atoms with Crippen LogP contribution >= 0.6 is 11.8 Å². The number of fused-ring (bicyclic) bond motifs is 2. The van der Waals surface area contributed by atoms with E-state index in [0.29, 0.717) is 22.7 Å². The molecule has 1 N–H and O–H groups in total. The topological polar surface area (TPSA) is 88.9 Å². The van der Waals surface area contributed by atoms with Gasteiger partial charge in [-0.1, -0.05) is 42.1 Å². The Labute approximate surface area is 205 Å². The van der Waals surface area contributed by atoms with Gasteiger partial charge in [0.15, 0.2) is 0 Å². The monoisotopic (exact) mass is 484 g/mol. The summed E-state index contributed by atoms with van der Waals surface area (Å²) < 4.78 is 10.6. The lowest BCUT2D eigenvalue weighted by molar-refractivity contribution is -0.114. The van der Waals surface area contributed by atoms with Gasteiger partial charge >= 0.3 is 5.97 Å². The summed E-state index contributed by atoms with van der Waals surface area (Å²) >= 11 is 1.41. The zero-order valence-electron chi connectivity index (χ0n) is 18.5. The summed E-state index contributed by atoms with van der Waals surface area (Å²) in [6.07, 6.45) is 1.50. The fourth-order valence-corrected chi connectivity index (χ4v) is 4.74. The first-order valence-electron chi connectivity index (χ1n) is 10.9. The average molecular weight is 485 g/mol. The summed E-state index contributed by atoms with van der Waals surface area (Å²) in [7, 11) is 0. The van der Waals surface area contributed by atoms with Crippen LogP contribution in [0.2, 0.25) is 0 Å². The van der Waals surface area contributed by atoms with Gasteiger partial charge in [-0.2, -0.15) is 0 Å². The van der Waals surface area contributed by atoms with Crippen LogP contribution < -0.4 is 10.2 Å². The van der Waals surface area contributed by atoms with Crippen LogP contribution in [0.3, 0.4) is 0 Å². The lowest BCUT2D eigenvalue weighted by Gasteiger charge is -2.23. The van der Waals surface area contributed by atoms with E-state index in [-0.39, 0.29) is 30.5 Å². The molecule has 0 unspecified atom stereocenters. The highest BCUT2D eigenvalue weighted by Crippen LogP contribution is 2.41. The van der Waals surface area contributed by atoms with Crippen LogP contribution in [0.25, 0.3) is 0 Å². The zero-order valence-corrected chi connectivity index (χ0v) is 19.3. The first kappa shape index (κ1) is 22.5. The van der Waals surface area contributed by atoms with Crippen molar-refractivity contribution in [1.82, 2.24) is 0 Å². The van der Waals surface area contributed by atoms with E-state index in [2.05, 4.69) is 5.32 Å². The van der Waals surface area contributed by atoms with Crippen molar-refractivity contribution in [2.24, 2.45) is 0 Å². The Kier molecular flexibility index (Phi) is 6.36. The second-order valence-corrected chi connectivity index (χ2v) is 8.83. The average Bonchev–Trinajstić information content (AvgIpc) is 3.37. The Balaban J connectivity index is 1.46. The van der Waals surface area contributed by atoms with Gasteiger partial charge in [0, 0.05) is 15.5 Å². The molecular weight excluding hydrogens is 464 g/mol. The second-order valence-electron chi connectivity index (χ2n) is 7.74. The molecule has 0 saturated heterocycles. The molecule has 0 radical (unpaired) electrons. The number of para-hydroxylation sites is 1. The maximum Gasteiger partial charge on any atom is 0.338 e. The van der Waals surface area contributed by atoms with Gasteiger partial charge in [-0.3, -0.25) is 14.5 Å². The van der Waals surface area contributed by atoms with E-state index >= 15 is 0 Å². The molecule has 0 spiro atoms. The molecule has 2 heterocycles. The minimum atomic E-state index is -0.558. The third kappa shape index (κ3) is 4.97. The highest BCUT2D eigenvalue weighted by Gasteiger charge is 2.29. The van der Waals surface area contributed by atoms with Crippen molar-refractivity contribution in [3.63, 3.8) is 0 Å². The number of benzene rings is 3. The van der Waals surface area contributed by atoms with Crippen LogP contribution in [-0.4, -0.2) is 24.3 Å². The van der Waals surface area contributed by atoms with Crippen molar-refractivity contribution in [3.8, 4) is 0 Å². The number of hydrogen-bond acceptors (Lipinski definition) is 6. The first-order chi connectivity index (χ1) is 17.1. The number of carbonyl (C=O) groups excluding carboxylic acids is 3. The van der Waals surface area contributed by atoms with E-state index in [1.54, 1.807) is 54.6 Å². The van der Waals surface area contributed by atoms with Crippen molar-refractivity contribution < 1.29 is 23.5 Å². The molecule has 35 heavy (non-hydrogen) atoms. The van der Waals surface area contributed by atoms with Crippen molar-refractivity contribution in [2.45, 2.75) is 16.4 Å². The Hall–Kier alpha value is -4.30. The smallest absolute Gasteiger partial charge is 0.338 e. The predicted molar refractivity (Wildman–Crippen MR) is 132 cm³/mol. The van der Waals surface area contributed by atoms with Gasteiger partial charge in [-0.15, -0.1) is 0 Å². The molecule has 3 aromatic carbocycles. The van der Waals surface area contributed by atoms with E-state index in [4.69, 9.17) is 9.15 Å². The number of esters is 1. The van der Waals surface area contributed by atoms with Gasteiger partial charge in [0.25, 0.3) is 5.91 Å². The normalized spacial score (nSPS) is 12.3. The number of anilines is 2. The number of hydrogen-bond donors (Lipinski definition) is 1. The van der Waals surface area contributed by atoms with Crippen LogP contribution in [0.5, 0.6) is 0 Å². The molecule has 1 aliphatic heterocycles. The second kappa shape index (κ2) is 9.90. The van der Waals surface area contributed by atoms with Gasteiger partial charge in [-0.05, 0) is 54.6 Å². The van der Waals surface area contributed by atoms with Crippen LogP contribution in [0, 0.1) is 0 Å². The molecule has 2 amide bonds. The van der Waals surface area contributed by atoms with Crippen LogP contribution in [0.15, 0.2) is 105 Å². The fourth-order valence-electron chi connectivity index (χ4n) is 3.68. The Morgan fingerprint density at radius 3 is 2.51 bits per heavy atom. The molecule has 1 aromatic heterocycles. The third-order valence-corrected chi connectivity index (χ3v) is 6.49. The SMILES string of the molecule is O=C(CN1C(=O)c2ccccc2Sc2ccc(C(=O)OCc3ccco3)cc21)Nc1ccccc1. The summed E-state index contributed by atoms with van der Waals surface area (Å²) in [5, 5.41) is 2.82. The van der Waals surface area contributed by atoms with Crippen molar-refractivity contribution >= 4 is 40.9 Å². The summed E-state index contributed by atoms with van der Waals surface area (Å²) in [5.74, 6) is -0.715. The van der Waals surface area contributed by atoms with Crippen molar-refractivity contribution in [1.29, 1.82) is 0 Å². The first-order valence-corrected chi connectivity index (χ1v) is 11.7. The molecule has 0 atom stereocenters. The number of rotatable bonds is 6. The summed E-state index contributed by atoms with van der Waals surface area (Å²) in [4.78, 5) is 42.1. The molecule has 5 rings (SSSR count). The minimum Gasteiger partial charge on any atom is -0.466 e. The molecule has 1 aliphatic rings. The van der Waals surface area contributed by atoms with Gasteiger partial charge in [0.05, 0.1) is 23.1 Å². The molecule has 0 fully saturated rings. The highest BCUT2D eigenvalue weighted by molar-refractivity contribution is 7.99. The predicted octanol–water partition coefficient (Wildman–Crippen LogP) is 5.39. The molecule has 7 nitrogen and oxygen atoms in total. The number of nitrogens with zero attached hydrogens (tertiary/aromatic N) is 1. The van der Waals surface area contributed by atoms with Crippen molar-refractivity contribution in [3.05, 3.63) is 108 Å². The molecule has 0 aliphatic carbocycles. The summed E-state index contributed by atoms with van der Waals surface area (Å²) in [6, 6.07) is 24.7. The maximum absolute atomic E-state index is 13.6. The fraction of sp³-hybridized carbons (Fsp3) is 0.0741. The number of amides is 2. The highest BCUT2D eigenvalue weighted by atomic mass is 32.2. The van der Waals surface area contributed by atoms with Crippen molar-refractivity contribution in [2.75, 3.05) is 16.8 Å². The number of carbonyl (C=O) groups is 3. The Morgan fingerprint density at radius 2 is 1.71 bits per heavy atom. The largest absolute Gasteiger partial charge is 0.466 e. The molecule has 174 valence electrons. The van der Waals surface area contributed by atoms with Gasteiger partial charge in [-0.25, -0.2) is 4.79 Å². The minimum absolute atomic E-state index is 0.00869. The Bertz CT molecular complexity index is 1390. The van der Waals surface area contributed by atoms with E-state index in [1.807, 2.05) is 30.3 Å². The van der Waals surface area contributed by atoms with E-state index < -0.39 is 5.97 Å². The lowest BCUT2D eigenvalue weighted by Crippen LogP contribution is -2.38. The lowest BCUT2D eigenvalue weighted by atomic mass is 10.1. The number of furan rings is 1. The number of nitrogens with one attached hydrogen (secondary N) is 1. The summed E-state index contributed by atoms with van der Waals surface area (Å²) in [5.41, 5.74) is 1.85. The van der Waals surface area contributed by atoms with Gasteiger partial charge in [0.2, 0.25) is 5.91 Å². The van der Waals surface area contributed by atoms with E-state index in [1.165, 1.54) is 22.9 Å². The Morgan fingerprint density at radius 1 is 0.914 bits per heavy atom. The van der Waals surface area contributed by atoms with Crippen LogP contribution in [0.1, 0.15) is 26.5 Å². The summed E-state index contributed by atoms with van der Waals surface area (Å²) in [6.45, 7) is -0.230. The maximum atomic E-state index is 13.6. The van der Waals surface area contributed by atoms with Gasteiger partial charge in [0.1, 0.15) is 18.9 Å². The zero-order chi connectivity index (χ0) is 24.2. The molecule has 0 saturated carbocycles. The standard InChI is InChI=1S/C27H20N2O5S/c30-25(28-19-7-2-1-3-8-19)16-29-22-15-18(27(32)34-17-20-9-6-14-33-20)12-13-24(22)35-23-11-5-4-10-21(23)26(29)31/h1-15H,16-17H2,(H,28,30). The van der Waals surface area contributed by atoms with Crippen LogP contribution in [0.4, 0.5) is 11.4 Å². The number of ether oxygens (including phenoxy) is 1. The molecule has 8 heteroatoms. The van der Waals surface area contributed by atoms with Gasteiger partial charge < -0.3 is 14.5 Å². The quantitative estimate of drug-likeness (QED) is 0.369. The van der Waals surface area contributed by atoms with E-state index in [9.17, 15) is 14.4 Å². The molecule has 4 aromatic rings. The molecular formula is C27H20N2O5S. The van der Waals surface area contributed by atoms with E-state index in [0.717, 1.165) is 9.79 Å². The molecule has 0 bridgehead atoms. The van der Waals surface area contributed by atoms with Crippen LogP contribution in [-0.2, 0) is 16.1 Å².